The van der Waals surface area contributed by atoms with Crippen LogP contribution in [-0.4, -0.2) is 89.6 Å². The van der Waals surface area contributed by atoms with Gasteiger partial charge in [-0.05, 0) is 18.6 Å². The van der Waals surface area contributed by atoms with E-state index in [1.807, 2.05) is 0 Å². The third-order valence-corrected chi connectivity index (χ3v) is 4.77. The minimum absolute atomic E-state index is 0.0841. The van der Waals surface area contributed by atoms with Crippen molar-refractivity contribution in [3.8, 4) is 0 Å². The standard InChI is InChI=1S/C18H23NO8/c1-25-18-14(22)15(13(21)12(9-20)27-18)26-8-4-7-19-16(23)10-5-2-3-6-11(10)17(19)24/h2-3,5-6,12-15,18,20-22H,4,7-9H2,1H3/t12?,13-,14?,15?,18-/m0/s1. The SMILES string of the molecule is CO[C@H]1OC(CO)[C@H](O)C(OCCCN2C(=O)c3ccccc3C2=O)C1O. The van der Waals surface area contributed by atoms with E-state index >= 15 is 0 Å². The van der Waals surface area contributed by atoms with Crippen LogP contribution < -0.4 is 0 Å². The lowest BCUT2D eigenvalue weighted by Gasteiger charge is -2.41. The number of carbonyl (C=O) groups is 2. The molecular formula is C18H23NO8. The van der Waals surface area contributed by atoms with Crippen molar-refractivity contribution in [3.63, 3.8) is 0 Å². The Morgan fingerprint density at radius 2 is 1.74 bits per heavy atom. The molecule has 1 fully saturated rings. The Balaban J connectivity index is 1.54. The van der Waals surface area contributed by atoms with Gasteiger partial charge in [-0.25, -0.2) is 0 Å². The monoisotopic (exact) mass is 381 g/mol. The molecule has 9 heteroatoms. The molecule has 9 nitrogen and oxygen atoms in total. The molecular weight excluding hydrogens is 358 g/mol. The van der Waals surface area contributed by atoms with Crippen molar-refractivity contribution in [2.24, 2.45) is 0 Å². The summed E-state index contributed by atoms with van der Waals surface area (Å²) in [4.78, 5) is 25.7. The molecule has 1 aromatic carbocycles. The van der Waals surface area contributed by atoms with Gasteiger partial charge in [0.1, 0.15) is 24.4 Å². The second kappa shape index (κ2) is 8.42. The molecule has 1 aromatic rings. The Kier molecular flexibility index (Phi) is 6.20. The molecule has 0 radical (unpaired) electrons. The van der Waals surface area contributed by atoms with Crippen LogP contribution in [0.3, 0.4) is 0 Å². The summed E-state index contributed by atoms with van der Waals surface area (Å²) in [5.41, 5.74) is 0.764. The van der Waals surface area contributed by atoms with Crippen molar-refractivity contribution in [2.45, 2.75) is 37.1 Å². The van der Waals surface area contributed by atoms with Gasteiger partial charge in [-0.1, -0.05) is 12.1 Å². The number of aliphatic hydroxyl groups is 3. The van der Waals surface area contributed by atoms with E-state index < -0.39 is 37.3 Å². The summed E-state index contributed by atoms with van der Waals surface area (Å²) in [6.45, 7) is -0.220. The summed E-state index contributed by atoms with van der Waals surface area (Å²) in [5, 5.41) is 29.7. The summed E-state index contributed by atoms with van der Waals surface area (Å²) >= 11 is 0. The summed E-state index contributed by atoms with van der Waals surface area (Å²) in [6.07, 6.45) is -5.17. The van der Waals surface area contributed by atoms with Crippen molar-refractivity contribution < 1.29 is 39.1 Å². The molecule has 0 aromatic heterocycles. The Bertz CT molecular complexity index is 645. The molecule has 2 amide bonds. The smallest absolute Gasteiger partial charge is 0.261 e. The van der Waals surface area contributed by atoms with E-state index in [4.69, 9.17) is 14.2 Å². The van der Waals surface area contributed by atoms with Gasteiger partial charge in [-0.3, -0.25) is 14.5 Å². The molecule has 2 heterocycles. The van der Waals surface area contributed by atoms with Crippen LogP contribution in [0.2, 0.25) is 0 Å². The Morgan fingerprint density at radius 1 is 1.11 bits per heavy atom. The average Bonchev–Trinajstić information content (AvgIpc) is 2.92. The molecule has 0 bridgehead atoms. The van der Waals surface area contributed by atoms with Crippen LogP contribution in [0.5, 0.6) is 0 Å². The number of rotatable bonds is 7. The summed E-state index contributed by atoms with van der Waals surface area (Å²) in [6, 6.07) is 6.63. The maximum atomic E-state index is 12.3. The van der Waals surface area contributed by atoms with Gasteiger partial charge in [-0.15, -0.1) is 0 Å². The van der Waals surface area contributed by atoms with Crippen molar-refractivity contribution >= 4 is 11.8 Å². The van der Waals surface area contributed by atoms with Crippen molar-refractivity contribution in [2.75, 3.05) is 26.9 Å². The number of ether oxygens (including phenoxy) is 3. The molecule has 27 heavy (non-hydrogen) atoms. The second-order valence-corrected chi connectivity index (χ2v) is 6.44. The molecule has 5 atom stereocenters. The van der Waals surface area contributed by atoms with Crippen LogP contribution in [0.25, 0.3) is 0 Å². The van der Waals surface area contributed by atoms with Gasteiger partial charge in [0.2, 0.25) is 0 Å². The van der Waals surface area contributed by atoms with E-state index in [1.165, 1.54) is 7.11 Å². The topological polar surface area (TPSA) is 126 Å². The highest BCUT2D eigenvalue weighted by atomic mass is 16.7. The third kappa shape index (κ3) is 3.75. The first-order valence-electron chi connectivity index (χ1n) is 8.71. The lowest BCUT2D eigenvalue weighted by atomic mass is 9.99. The van der Waals surface area contributed by atoms with Crippen molar-refractivity contribution in [1.29, 1.82) is 0 Å². The second-order valence-electron chi connectivity index (χ2n) is 6.44. The number of benzene rings is 1. The lowest BCUT2D eigenvalue weighted by Crippen LogP contribution is -2.60. The van der Waals surface area contributed by atoms with Crippen molar-refractivity contribution in [1.82, 2.24) is 4.90 Å². The molecule has 3 unspecified atom stereocenters. The summed E-state index contributed by atoms with van der Waals surface area (Å²) in [5.74, 6) is -0.692. The predicted molar refractivity (Wildman–Crippen MR) is 90.9 cm³/mol. The number of imide groups is 1. The minimum atomic E-state index is -1.24. The number of aliphatic hydroxyl groups excluding tert-OH is 3. The van der Waals surface area contributed by atoms with E-state index in [-0.39, 0.29) is 25.0 Å². The number of nitrogens with zero attached hydrogens (tertiary/aromatic N) is 1. The number of carbonyl (C=O) groups excluding carboxylic acids is 2. The van der Waals surface area contributed by atoms with Crippen LogP contribution in [-0.2, 0) is 14.2 Å². The van der Waals surface area contributed by atoms with Crippen molar-refractivity contribution in [3.05, 3.63) is 35.4 Å². The van der Waals surface area contributed by atoms with Gasteiger partial charge in [0.05, 0.1) is 17.7 Å². The summed E-state index contributed by atoms with van der Waals surface area (Å²) < 4.78 is 15.8. The van der Waals surface area contributed by atoms with E-state index in [9.17, 15) is 24.9 Å². The largest absolute Gasteiger partial charge is 0.394 e. The van der Waals surface area contributed by atoms with Crippen LogP contribution >= 0.6 is 0 Å². The maximum absolute atomic E-state index is 12.3. The number of fused-ring (bicyclic) bond motifs is 1. The van der Waals surface area contributed by atoms with Gasteiger partial charge < -0.3 is 29.5 Å². The van der Waals surface area contributed by atoms with E-state index in [0.29, 0.717) is 17.5 Å². The first-order valence-corrected chi connectivity index (χ1v) is 8.71. The highest BCUT2D eigenvalue weighted by molar-refractivity contribution is 6.21. The number of methoxy groups -OCH3 is 1. The number of hydrogen-bond acceptors (Lipinski definition) is 8. The Hall–Kier alpha value is -1.88. The van der Waals surface area contributed by atoms with Crippen LogP contribution in [0.4, 0.5) is 0 Å². The fourth-order valence-electron chi connectivity index (χ4n) is 3.33. The van der Waals surface area contributed by atoms with E-state index in [1.54, 1.807) is 24.3 Å². The molecule has 148 valence electrons. The Labute approximate surface area is 156 Å². The van der Waals surface area contributed by atoms with Gasteiger partial charge in [0.25, 0.3) is 11.8 Å². The highest BCUT2D eigenvalue weighted by Crippen LogP contribution is 2.25. The first kappa shape index (κ1) is 19.9. The molecule has 2 aliphatic rings. The molecule has 3 rings (SSSR count). The number of amides is 2. The highest BCUT2D eigenvalue weighted by Gasteiger charge is 2.45. The molecule has 2 aliphatic heterocycles. The zero-order chi connectivity index (χ0) is 19.6. The van der Waals surface area contributed by atoms with Crippen LogP contribution in [0.15, 0.2) is 24.3 Å². The zero-order valence-corrected chi connectivity index (χ0v) is 14.9. The fraction of sp³-hybridized carbons (Fsp3) is 0.556. The molecule has 3 N–H and O–H groups in total. The minimum Gasteiger partial charge on any atom is -0.394 e. The quantitative estimate of drug-likeness (QED) is 0.412. The molecule has 0 spiro atoms. The van der Waals surface area contributed by atoms with Gasteiger partial charge in [-0.2, -0.15) is 0 Å². The van der Waals surface area contributed by atoms with Gasteiger partial charge >= 0.3 is 0 Å². The Morgan fingerprint density at radius 3 is 2.30 bits per heavy atom. The molecule has 0 saturated carbocycles. The fourth-order valence-corrected chi connectivity index (χ4v) is 3.33. The van der Waals surface area contributed by atoms with Gasteiger partial charge in [0, 0.05) is 20.3 Å². The average molecular weight is 381 g/mol. The number of hydrogen-bond donors (Lipinski definition) is 3. The van der Waals surface area contributed by atoms with Crippen LogP contribution in [0.1, 0.15) is 27.1 Å². The molecule has 1 saturated heterocycles. The zero-order valence-electron chi connectivity index (χ0n) is 14.9. The van der Waals surface area contributed by atoms with E-state index in [0.717, 1.165) is 4.90 Å². The van der Waals surface area contributed by atoms with Gasteiger partial charge in [0.15, 0.2) is 6.29 Å². The first-order chi connectivity index (χ1) is 13.0. The summed E-state index contributed by atoms with van der Waals surface area (Å²) in [7, 11) is 1.33. The molecule has 0 aliphatic carbocycles. The normalized spacial score (nSPS) is 30.7. The van der Waals surface area contributed by atoms with Crippen LogP contribution in [0, 0.1) is 0 Å². The maximum Gasteiger partial charge on any atom is 0.261 e. The van der Waals surface area contributed by atoms with E-state index in [2.05, 4.69) is 0 Å². The third-order valence-electron chi connectivity index (χ3n) is 4.77. The lowest BCUT2D eigenvalue weighted by molar-refractivity contribution is -0.301. The predicted octanol–water partition coefficient (Wildman–Crippen LogP) is -0.857.